The molecule has 0 aliphatic rings. The Hall–Kier alpha value is -2.04. The van der Waals surface area contributed by atoms with Gasteiger partial charge in [-0.15, -0.1) is 0 Å². The number of nitrogens with one attached hydrogen (secondary N) is 2. The first-order chi connectivity index (χ1) is 10.1. The summed E-state index contributed by atoms with van der Waals surface area (Å²) in [4.78, 5) is 12.1. The fourth-order valence-electron chi connectivity index (χ4n) is 1.86. The van der Waals surface area contributed by atoms with E-state index in [0.29, 0.717) is 10.7 Å². The molecule has 0 radical (unpaired) electrons. The van der Waals surface area contributed by atoms with Crippen molar-refractivity contribution >= 4 is 28.9 Å². The highest BCUT2D eigenvalue weighted by Crippen LogP contribution is 2.15. The summed E-state index contributed by atoms with van der Waals surface area (Å²) < 4.78 is 0. The molecule has 0 fully saturated rings. The van der Waals surface area contributed by atoms with Crippen LogP contribution in [0.4, 0.5) is 11.4 Å². The first-order valence-electron chi connectivity index (χ1n) is 6.61. The standard InChI is InChI=1S/C16H17ClN2O2/c1-11(18-15-4-2-3-12(9-15)10-20)16(21)19-14-7-5-13(17)6-8-14/h2-9,11,18,20H,10H2,1H3,(H,19,21). The maximum atomic E-state index is 12.1. The number of hydrogen-bond donors (Lipinski definition) is 3. The van der Waals surface area contributed by atoms with Crippen molar-refractivity contribution in [2.24, 2.45) is 0 Å². The van der Waals surface area contributed by atoms with Gasteiger partial charge in [0.2, 0.25) is 5.91 Å². The first-order valence-corrected chi connectivity index (χ1v) is 6.99. The van der Waals surface area contributed by atoms with Crippen molar-refractivity contribution in [3.63, 3.8) is 0 Å². The van der Waals surface area contributed by atoms with Crippen molar-refractivity contribution in [1.82, 2.24) is 0 Å². The molecule has 21 heavy (non-hydrogen) atoms. The molecule has 0 heterocycles. The van der Waals surface area contributed by atoms with Gasteiger partial charge < -0.3 is 15.7 Å². The predicted molar refractivity (Wildman–Crippen MR) is 85.5 cm³/mol. The van der Waals surface area contributed by atoms with Crippen molar-refractivity contribution in [3.05, 3.63) is 59.1 Å². The summed E-state index contributed by atoms with van der Waals surface area (Å²) in [7, 11) is 0. The molecule has 1 amide bonds. The maximum Gasteiger partial charge on any atom is 0.246 e. The van der Waals surface area contributed by atoms with Crippen LogP contribution in [0.5, 0.6) is 0 Å². The number of anilines is 2. The second-order valence-electron chi connectivity index (χ2n) is 4.72. The third kappa shape index (κ3) is 4.48. The topological polar surface area (TPSA) is 61.4 Å². The van der Waals surface area contributed by atoms with Crippen molar-refractivity contribution < 1.29 is 9.90 Å². The van der Waals surface area contributed by atoms with Gasteiger partial charge in [0.1, 0.15) is 6.04 Å². The second-order valence-corrected chi connectivity index (χ2v) is 5.16. The zero-order chi connectivity index (χ0) is 15.2. The molecule has 0 aliphatic heterocycles. The van der Waals surface area contributed by atoms with E-state index in [1.807, 2.05) is 24.3 Å². The SMILES string of the molecule is CC(Nc1cccc(CO)c1)C(=O)Nc1ccc(Cl)cc1. The second kappa shape index (κ2) is 7.11. The fourth-order valence-corrected chi connectivity index (χ4v) is 1.98. The Morgan fingerprint density at radius 1 is 1.19 bits per heavy atom. The van der Waals surface area contributed by atoms with Gasteiger partial charge in [0.15, 0.2) is 0 Å². The van der Waals surface area contributed by atoms with E-state index in [1.54, 1.807) is 31.2 Å². The molecule has 1 atom stereocenters. The molecule has 0 saturated carbocycles. The number of aliphatic hydroxyl groups is 1. The molecule has 1 unspecified atom stereocenters. The van der Waals surface area contributed by atoms with E-state index in [0.717, 1.165) is 11.3 Å². The highest BCUT2D eigenvalue weighted by atomic mass is 35.5. The third-order valence-electron chi connectivity index (χ3n) is 3.00. The molecule has 0 aromatic heterocycles. The molecule has 0 bridgehead atoms. The molecule has 0 aliphatic carbocycles. The van der Waals surface area contributed by atoms with Gasteiger partial charge in [-0.1, -0.05) is 23.7 Å². The van der Waals surface area contributed by atoms with Crippen LogP contribution in [0.1, 0.15) is 12.5 Å². The lowest BCUT2D eigenvalue weighted by Gasteiger charge is -2.16. The van der Waals surface area contributed by atoms with Gasteiger partial charge in [-0.2, -0.15) is 0 Å². The van der Waals surface area contributed by atoms with Gasteiger partial charge in [-0.05, 0) is 48.9 Å². The minimum absolute atomic E-state index is 0.0269. The summed E-state index contributed by atoms with van der Waals surface area (Å²) in [5.74, 6) is -0.147. The van der Waals surface area contributed by atoms with Gasteiger partial charge in [0.05, 0.1) is 6.61 Å². The van der Waals surface area contributed by atoms with Crippen LogP contribution in [0.2, 0.25) is 5.02 Å². The van der Waals surface area contributed by atoms with Crippen LogP contribution >= 0.6 is 11.6 Å². The Labute approximate surface area is 128 Å². The summed E-state index contributed by atoms with van der Waals surface area (Å²) in [5.41, 5.74) is 2.28. The van der Waals surface area contributed by atoms with E-state index in [4.69, 9.17) is 16.7 Å². The van der Waals surface area contributed by atoms with Gasteiger partial charge in [-0.25, -0.2) is 0 Å². The first kappa shape index (κ1) is 15.4. The van der Waals surface area contributed by atoms with Crippen molar-refractivity contribution in [3.8, 4) is 0 Å². The molecule has 3 N–H and O–H groups in total. The summed E-state index contributed by atoms with van der Waals surface area (Å²) in [6.07, 6.45) is 0. The van der Waals surface area contributed by atoms with Crippen LogP contribution in [-0.4, -0.2) is 17.1 Å². The molecule has 2 aromatic rings. The molecule has 5 heteroatoms. The summed E-state index contributed by atoms with van der Waals surface area (Å²) in [6.45, 7) is 1.75. The van der Waals surface area contributed by atoms with Crippen molar-refractivity contribution in [2.45, 2.75) is 19.6 Å². The lowest BCUT2D eigenvalue weighted by atomic mass is 10.2. The van der Waals surface area contributed by atoms with Gasteiger partial charge in [-0.3, -0.25) is 4.79 Å². The lowest BCUT2D eigenvalue weighted by molar-refractivity contribution is -0.116. The molecular formula is C16H17ClN2O2. The van der Waals surface area contributed by atoms with Gasteiger partial charge in [0.25, 0.3) is 0 Å². The van der Waals surface area contributed by atoms with E-state index < -0.39 is 6.04 Å². The number of benzene rings is 2. The molecule has 0 spiro atoms. The predicted octanol–water partition coefficient (Wildman–Crippen LogP) is 3.27. The Morgan fingerprint density at radius 2 is 1.90 bits per heavy atom. The highest BCUT2D eigenvalue weighted by molar-refractivity contribution is 6.30. The number of rotatable bonds is 5. The Kier molecular flexibility index (Phi) is 5.20. The third-order valence-corrected chi connectivity index (χ3v) is 3.25. The average molecular weight is 305 g/mol. The largest absolute Gasteiger partial charge is 0.392 e. The summed E-state index contributed by atoms with van der Waals surface area (Å²) in [5, 5.41) is 15.6. The normalized spacial score (nSPS) is 11.8. The zero-order valence-electron chi connectivity index (χ0n) is 11.6. The van der Waals surface area contributed by atoms with E-state index >= 15 is 0 Å². The van der Waals surface area contributed by atoms with Crippen molar-refractivity contribution in [2.75, 3.05) is 10.6 Å². The minimum Gasteiger partial charge on any atom is -0.392 e. The summed E-state index contributed by atoms with van der Waals surface area (Å²) >= 11 is 5.80. The number of carbonyl (C=O) groups is 1. The van der Waals surface area contributed by atoms with Crippen LogP contribution in [0, 0.1) is 0 Å². The molecule has 4 nitrogen and oxygen atoms in total. The molecule has 0 saturated heterocycles. The highest BCUT2D eigenvalue weighted by Gasteiger charge is 2.12. The zero-order valence-corrected chi connectivity index (χ0v) is 12.4. The number of carbonyl (C=O) groups excluding carboxylic acids is 1. The fraction of sp³-hybridized carbons (Fsp3) is 0.188. The smallest absolute Gasteiger partial charge is 0.246 e. The van der Waals surface area contributed by atoms with Gasteiger partial charge >= 0.3 is 0 Å². The number of amides is 1. The molecule has 110 valence electrons. The van der Waals surface area contributed by atoms with E-state index in [-0.39, 0.29) is 12.5 Å². The Bertz CT molecular complexity index is 614. The Morgan fingerprint density at radius 3 is 2.57 bits per heavy atom. The molecule has 2 aromatic carbocycles. The van der Waals surface area contributed by atoms with Crippen LogP contribution in [0.15, 0.2) is 48.5 Å². The summed E-state index contributed by atoms with van der Waals surface area (Å²) in [6, 6.07) is 13.9. The van der Waals surface area contributed by atoms with Crippen LogP contribution in [0.25, 0.3) is 0 Å². The molecular weight excluding hydrogens is 288 g/mol. The quantitative estimate of drug-likeness (QED) is 0.794. The number of aliphatic hydroxyl groups excluding tert-OH is 1. The van der Waals surface area contributed by atoms with Crippen LogP contribution in [0.3, 0.4) is 0 Å². The van der Waals surface area contributed by atoms with E-state index in [9.17, 15) is 4.79 Å². The van der Waals surface area contributed by atoms with E-state index in [1.165, 1.54) is 0 Å². The monoisotopic (exact) mass is 304 g/mol. The van der Waals surface area contributed by atoms with Crippen LogP contribution in [-0.2, 0) is 11.4 Å². The van der Waals surface area contributed by atoms with Gasteiger partial charge in [0, 0.05) is 16.4 Å². The van der Waals surface area contributed by atoms with Crippen molar-refractivity contribution in [1.29, 1.82) is 0 Å². The van der Waals surface area contributed by atoms with Crippen LogP contribution < -0.4 is 10.6 Å². The Balaban J connectivity index is 1.97. The van der Waals surface area contributed by atoms with E-state index in [2.05, 4.69) is 10.6 Å². The number of halogens is 1. The number of hydrogen-bond acceptors (Lipinski definition) is 3. The lowest BCUT2D eigenvalue weighted by Crippen LogP contribution is -2.31. The maximum absolute atomic E-state index is 12.1. The minimum atomic E-state index is -0.408. The average Bonchev–Trinajstić information content (AvgIpc) is 2.49. The molecule has 2 rings (SSSR count).